The van der Waals surface area contributed by atoms with Crippen molar-refractivity contribution in [2.24, 2.45) is 0 Å². The molecule has 76 valence electrons. The van der Waals surface area contributed by atoms with Crippen molar-refractivity contribution < 1.29 is 4.74 Å². The van der Waals surface area contributed by atoms with Crippen molar-refractivity contribution >= 4 is 0 Å². The Labute approximate surface area is 85.3 Å². The summed E-state index contributed by atoms with van der Waals surface area (Å²) in [6.45, 7) is 6.88. The van der Waals surface area contributed by atoms with Gasteiger partial charge in [-0.05, 0) is 25.0 Å². The van der Waals surface area contributed by atoms with Gasteiger partial charge in [0, 0.05) is 6.54 Å². The van der Waals surface area contributed by atoms with E-state index in [0.29, 0.717) is 6.04 Å². The summed E-state index contributed by atoms with van der Waals surface area (Å²) in [5.74, 6) is 0. The molecule has 2 rings (SSSR count). The van der Waals surface area contributed by atoms with Crippen LogP contribution in [0, 0.1) is 13.8 Å². The third-order valence-corrected chi connectivity index (χ3v) is 2.72. The standard InChI is InChI=1S/C12H17NO/c1-9-3-4-11(10(2)7-9)12-8-14-6-5-13-12/h3-4,7,12-13H,5-6,8H2,1-2H3/t12-/m0/s1. The molecule has 1 aromatic rings. The van der Waals surface area contributed by atoms with Gasteiger partial charge in [0.1, 0.15) is 0 Å². The molecule has 1 saturated heterocycles. The topological polar surface area (TPSA) is 21.3 Å². The number of ether oxygens (including phenoxy) is 1. The van der Waals surface area contributed by atoms with Crippen molar-refractivity contribution in [2.45, 2.75) is 19.9 Å². The van der Waals surface area contributed by atoms with Crippen LogP contribution in [0.2, 0.25) is 0 Å². The lowest BCUT2D eigenvalue weighted by molar-refractivity contribution is 0.0767. The number of morpholine rings is 1. The number of benzene rings is 1. The summed E-state index contributed by atoms with van der Waals surface area (Å²) in [6, 6.07) is 6.98. The van der Waals surface area contributed by atoms with Crippen LogP contribution >= 0.6 is 0 Å². The summed E-state index contributed by atoms with van der Waals surface area (Å²) in [7, 11) is 0. The normalized spacial score (nSPS) is 22.3. The number of aryl methyl sites for hydroxylation is 2. The molecule has 1 heterocycles. The molecule has 0 aliphatic carbocycles. The highest BCUT2D eigenvalue weighted by Gasteiger charge is 2.16. The molecular formula is C12H17NO. The molecule has 1 N–H and O–H groups in total. The molecule has 2 nitrogen and oxygen atoms in total. The van der Waals surface area contributed by atoms with Crippen molar-refractivity contribution in [1.82, 2.24) is 5.32 Å². The maximum absolute atomic E-state index is 5.46. The highest BCUT2D eigenvalue weighted by Crippen LogP contribution is 2.20. The van der Waals surface area contributed by atoms with Gasteiger partial charge in [-0.1, -0.05) is 23.8 Å². The SMILES string of the molecule is Cc1ccc([C@@H]2COCCN2)c(C)c1. The fourth-order valence-electron chi connectivity index (χ4n) is 1.98. The van der Waals surface area contributed by atoms with Crippen LogP contribution in [0.25, 0.3) is 0 Å². The Morgan fingerprint density at radius 1 is 1.36 bits per heavy atom. The zero-order valence-corrected chi connectivity index (χ0v) is 8.84. The molecule has 0 spiro atoms. The Balaban J connectivity index is 2.22. The second kappa shape index (κ2) is 4.11. The number of nitrogens with one attached hydrogen (secondary N) is 1. The molecule has 0 saturated carbocycles. The molecule has 1 aromatic carbocycles. The molecule has 14 heavy (non-hydrogen) atoms. The summed E-state index contributed by atoms with van der Waals surface area (Å²) >= 11 is 0. The first-order valence-corrected chi connectivity index (χ1v) is 5.15. The van der Waals surface area contributed by atoms with E-state index in [9.17, 15) is 0 Å². The Bertz CT molecular complexity index is 316. The zero-order chi connectivity index (χ0) is 9.97. The van der Waals surface area contributed by atoms with Gasteiger partial charge in [0.15, 0.2) is 0 Å². The van der Waals surface area contributed by atoms with Crippen molar-refractivity contribution in [2.75, 3.05) is 19.8 Å². The van der Waals surface area contributed by atoms with Gasteiger partial charge in [-0.25, -0.2) is 0 Å². The van der Waals surface area contributed by atoms with Crippen LogP contribution in [0.5, 0.6) is 0 Å². The maximum atomic E-state index is 5.46. The van der Waals surface area contributed by atoms with Crippen LogP contribution in [-0.2, 0) is 4.74 Å². The Morgan fingerprint density at radius 3 is 2.86 bits per heavy atom. The van der Waals surface area contributed by atoms with Crippen LogP contribution in [0.1, 0.15) is 22.7 Å². The van der Waals surface area contributed by atoms with E-state index in [-0.39, 0.29) is 0 Å². The minimum absolute atomic E-state index is 0.379. The number of rotatable bonds is 1. The molecule has 0 aromatic heterocycles. The van der Waals surface area contributed by atoms with E-state index in [1.165, 1.54) is 16.7 Å². The van der Waals surface area contributed by atoms with E-state index in [1.54, 1.807) is 0 Å². The van der Waals surface area contributed by atoms with Crippen LogP contribution in [0.15, 0.2) is 18.2 Å². The highest BCUT2D eigenvalue weighted by molar-refractivity contribution is 5.33. The number of hydrogen-bond donors (Lipinski definition) is 1. The van der Waals surface area contributed by atoms with E-state index in [1.807, 2.05) is 0 Å². The smallest absolute Gasteiger partial charge is 0.0662 e. The third-order valence-electron chi connectivity index (χ3n) is 2.72. The lowest BCUT2D eigenvalue weighted by Crippen LogP contribution is -2.34. The molecule has 1 atom stereocenters. The molecule has 1 fully saturated rings. The summed E-state index contributed by atoms with van der Waals surface area (Å²) < 4.78 is 5.46. The van der Waals surface area contributed by atoms with Crippen LogP contribution in [-0.4, -0.2) is 19.8 Å². The molecule has 1 aliphatic heterocycles. The molecular weight excluding hydrogens is 174 g/mol. The first kappa shape index (κ1) is 9.69. The maximum Gasteiger partial charge on any atom is 0.0662 e. The van der Waals surface area contributed by atoms with E-state index < -0.39 is 0 Å². The first-order chi connectivity index (χ1) is 6.77. The van der Waals surface area contributed by atoms with Crippen molar-refractivity contribution in [3.05, 3.63) is 34.9 Å². The minimum Gasteiger partial charge on any atom is -0.378 e. The van der Waals surface area contributed by atoms with Crippen molar-refractivity contribution in [3.63, 3.8) is 0 Å². The van der Waals surface area contributed by atoms with Gasteiger partial charge in [-0.2, -0.15) is 0 Å². The molecule has 0 amide bonds. The second-order valence-corrected chi connectivity index (χ2v) is 3.94. The second-order valence-electron chi connectivity index (χ2n) is 3.94. The molecule has 0 unspecified atom stereocenters. The van der Waals surface area contributed by atoms with E-state index in [4.69, 9.17) is 4.74 Å². The Morgan fingerprint density at radius 2 is 2.21 bits per heavy atom. The quantitative estimate of drug-likeness (QED) is 0.732. The summed E-state index contributed by atoms with van der Waals surface area (Å²) in [5, 5.41) is 3.47. The molecule has 1 aliphatic rings. The molecule has 0 bridgehead atoms. The third kappa shape index (κ3) is 1.97. The van der Waals surface area contributed by atoms with Crippen molar-refractivity contribution in [3.8, 4) is 0 Å². The fraction of sp³-hybridized carbons (Fsp3) is 0.500. The highest BCUT2D eigenvalue weighted by atomic mass is 16.5. The summed E-state index contributed by atoms with van der Waals surface area (Å²) in [5.41, 5.74) is 4.05. The van der Waals surface area contributed by atoms with E-state index >= 15 is 0 Å². The van der Waals surface area contributed by atoms with Gasteiger partial charge >= 0.3 is 0 Å². The Hall–Kier alpha value is -0.860. The van der Waals surface area contributed by atoms with Crippen LogP contribution in [0.3, 0.4) is 0 Å². The predicted octanol–water partition coefficient (Wildman–Crippen LogP) is 1.96. The molecule has 0 radical (unpaired) electrons. The largest absolute Gasteiger partial charge is 0.378 e. The van der Waals surface area contributed by atoms with E-state index in [2.05, 4.69) is 37.4 Å². The van der Waals surface area contributed by atoms with Crippen molar-refractivity contribution in [1.29, 1.82) is 0 Å². The lowest BCUT2D eigenvalue weighted by atomic mass is 9.99. The van der Waals surface area contributed by atoms with Gasteiger partial charge < -0.3 is 10.1 Å². The van der Waals surface area contributed by atoms with Gasteiger partial charge in [0.05, 0.1) is 19.3 Å². The Kier molecular flexibility index (Phi) is 2.85. The van der Waals surface area contributed by atoms with Gasteiger partial charge in [-0.15, -0.1) is 0 Å². The number of hydrogen-bond acceptors (Lipinski definition) is 2. The van der Waals surface area contributed by atoms with E-state index in [0.717, 1.165) is 19.8 Å². The molecule has 2 heteroatoms. The summed E-state index contributed by atoms with van der Waals surface area (Å²) in [6.07, 6.45) is 0. The fourth-order valence-corrected chi connectivity index (χ4v) is 1.98. The predicted molar refractivity (Wildman–Crippen MR) is 57.5 cm³/mol. The van der Waals surface area contributed by atoms with Gasteiger partial charge in [0.2, 0.25) is 0 Å². The van der Waals surface area contributed by atoms with Gasteiger partial charge in [0.25, 0.3) is 0 Å². The van der Waals surface area contributed by atoms with Crippen LogP contribution in [0.4, 0.5) is 0 Å². The summed E-state index contributed by atoms with van der Waals surface area (Å²) in [4.78, 5) is 0. The average molecular weight is 191 g/mol. The monoisotopic (exact) mass is 191 g/mol. The minimum atomic E-state index is 0.379. The lowest BCUT2D eigenvalue weighted by Gasteiger charge is -2.25. The van der Waals surface area contributed by atoms with Crippen LogP contribution < -0.4 is 5.32 Å². The zero-order valence-electron chi connectivity index (χ0n) is 8.84. The van der Waals surface area contributed by atoms with Gasteiger partial charge in [-0.3, -0.25) is 0 Å². The first-order valence-electron chi connectivity index (χ1n) is 5.15. The average Bonchev–Trinajstić information content (AvgIpc) is 2.19.